The molecule has 1 atom stereocenters. The average Bonchev–Trinajstić information content (AvgIpc) is 2.69. The summed E-state index contributed by atoms with van der Waals surface area (Å²) in [6.45, 7) is 1.42. The van der Waals surface area contributed by atoms with Gasteiger partial charge in [-0.05, 0) is 32.1 Å². The van der Waals surface area contributed by atoms with Crippen LogP contribution >= 0.6 is 0 Å². The van der Waals surface area contributed by atoms with Crippen LogP contribution in [0.15, 0.2) is 11.6 Å². The van der Waals surface area contributed by atoms with Crippen molar-refractivity contribution in [3.8, 4) is 0 Å². The zero-order valence-corrected chi connectivity index (χ0v) is 10.4. The van der Waals surface area contributed by atoms with Crippen molar-refractivity contribution in [1.29, 1.82) is 0 Å². The molecule has 100 valence electrons. The lowest BCUT2D eigenvalue weighted by Crippen LogP contribution is -2.22. The Labute approximate surface area is 107 Å². The van der Waals surface area contributed by atoms with Gasteiger partial charge in [-0.15, -0.1) is 0 Å². The molecule has 0 aliphatic carbocycles. The molecule has 2 rings (SSSR count). The Balaban J connectivity index is 1.59. The molecule has 0 aromatic carbocycles. The summed E-state index contributed by atoms with van der Waals surface area (Å²) in [5.74, 6) is -0.463. The van der Waals surface area contributed by atoms with Gasteiger partial charge in [-0.25, -0.2) is 0 Å². The van der Waals surface area contributed by atoms with Gasteiger partial charge in [0, 0.05) is 12.2 Å². The molecule has 2 aliphatic rings. The van der Waals surface area contributed by atoms with Crippen LogP contribution in [0.5, 0.6) is 0 Å². The number of nitrogens with one attached hydrogen (secondary N) is 1. The lowest BCUT2D eigenvalue weighted by Gasteiger charge is -2.22. The van der Waals surface area contributed by atoms with Crippen LogP contribution in [-0.4, -0.2) is 31.3 Å². The highest BCUT2D eigenvalue weighted by molar-refractivity contribution is 6.13. The normalized spacial score (nSPS) is 26.7. The first-order valence-corrected chi connectivity index (χ1v) is 6.52. The minimum atomic E-state index is -0.253. The van der Waals surface area contributed by atoms with Gasteiger partial charge in [0.25, 0.3) is 5.91 Å². The zero-order valence-electron chi connectivity index (χ0n) is 10.4. The second-order valence-electron chi connectivity index (χ2n) is 4.59. The Hall–Kier alpha value is -1.20. The fourth-order valence-corrected chi connectivity index (χ4v) is 2.09. The van der Waals surface area contributed by atoms with Gasteiger partial charge in [0.05, 0.1) is 13.0 Å². The maximum Gasteiger partial charge on any atom is 0.253 e. The molecule has 1 unspecified atom stereocenters. The first-order valence-electron chi connectivity index (χ1n) is 6.52. The van der Waals surface area contributed by atoms with E-state index >= 15 is 0 Å². The highest BCUT2D eigenvalue weighted by Gasteiger charge is 2.23. The molecule has 0 saturated carbocycles. The molecule has 0 bridgehead atoms. The number of hydrogen-bond acceptors (Lipinski definition) is 4. The van der Waals surface area contributed by atoms with Gasteiger partial charge in [0.2, 0.25) is 5.91 Å². The molecule has 5 heteroatoms. The third-order valence-electron chi connectivity index (χ3n) is 3.08. The van der Waals surface area contributed by atoms with Crippen LogP contribution < -0.4 is 5.32 Å². The molecule has 2 amide bonds. The minimum Gasteiger partial charge on any atom is -0.353 e. The lowest BCUT2D eigenvalue weighted by atomic mass is 10.1. The highest BCUT2D eigenvalue weighted by atomic mass is 16.7. The molecule has 2 saturated heterocycles. The van der Waals surface area contributed by atoms with E-state index in [9.17, 15) is 9.59 Å². The minimum absolute atomic E-state index is 0.0530. The van der Waals surface area contributed by atoms with E-state index in [1.165, 1.54) is 0 Å². The van der Waals surface area contributed by atoms with E-state index in [0.29, 0.717) is 12.2 Å². The zero-order chi connectivity index (χ0) is 12.8. The molecule has 2 aliphatic heterocycles. The highest BCUT2D eigenvalue weighted by Crippen LogP contribution is 2.15. The van der Waals surface area contributed by atoms with Crippen molar-refractivity contribution in [3.05, 3.63) is 11.6 Å². The second kappa shape index (κ2) is 6.66. The van der Waals surface area contributed by atoms with Gasteiger partial charge in [-0.3, -0.25) is 14.9 Å². The number of unbranched alkanes of at least 4 members (excludes halogenated alkanes) is 1. The smallest absolute Gasteiger partial charge is 0.253 e. The Morgan fingerprint density at radius 3 is 2.94 bits per heavy atom. The monoisotopic (exact) mass is 253 g/mol. The summed E-state index contributed by atoms with van der Waals surface area (Å²) in [4.78, 5) is 22.2. The molecule has 5 nitrogen and oxygen atoms in total. The number of imide groups is 1. The van der Waals surface area contributed by atoms with Gasteiger partial charge in [-0.2, -0.15) is 0 Å². The predicted octanol–water partition coefficient (Wildman–Crippen LogP) is 1.28. The molecule has 0 aromatic rings. The van der Waals surface area contributed by atoms with E-state index in [1.54, 1.807) is 0 Å². The molecule has 0 aromatic heterocycles. The number of amides is 2. The van der Waals surface area contributed by atoms with Crippen molar-refractivity contribution in [2.45, 2.75) is 44.8 Å². The molecule has 2 fully saturated rings. The summed E-state index contributed by atoms with van der Waals surface area (Å²) < 4.78 is 11.0. The number of hydrogen-bond donors (Lipinski definition) is 1. The van der Waals surface area contributed by atoms with Gasteiger partial charge < -0.3 is 9.47 Å². The Kier molecular flexibility index (Phi) is 4.90. The van der Waals surface area contributed by atoms with Crippen LogP contribution in [-0.2, 0) is 19.1 Å². The van der Waals surface area contributed by atoms with Crippen molar-refractivity contribution in [3.63, 3.8) is 0 Å². The maximum atomic E-state index is 11.2. The molecule has 18 heavy (non-hydrogen) atoms. The Morgan fingerprint density at radius 2 is 2.28 bits per heavy atom. The average molecular weight is 253 g/mol. The van der Waals surface area contributed by atoms with Crippen LogP contribution in [0.3, 0.4) is 0 Å². The van der Waals surface area contributed by atoms with Crippen LogP contribution in [0.2, 0.25) is 0 Å². The van der Waals surface area contributed by atoms with Crippen LogP contribution in [0.1, 0.15) is 38.5 Å². The SMILES string of the molecule is O=C1C/C(=C\CCCOC2CCCCO2)C(=O)N1. The van der Waals surface area contributed by atoms with Gasteiger partial charge in [-0.1, -0.05) is 6.08 Å². The quantitative estimate of drug-likeness (QED) is 0.455. The van der Waals surface area contributed by atoms with Crippen LogP contribution in [0, 0.1) is 0 Å². The molecule has 0 spiro atoms. The third-order valence-corrected chi connectivity index (χ3v) is 3.08. The Bertz CT molecular complexity index is 345. The van der Waals surface area contributed by atoms with Crippen molar-refractivity contribution < 1.29 is 19.1 Å². The third kappa shape index (κ3) is 3.92. The van der Waals surface area contributed by atoms with Crippen molar-refractivity contribution in [1.82, 2.24) is 5.32 Å². The van der Waals surface area contributed by atoms with Crippen molar-refractivity contribution >= 4 is 11.8 Å². The van der Waals surface area contributed by atoms with Gasteiger partial charge in [0.15, 0.2) is 6.29 Å². The number of ether oxygens (including phenoxy) is 2. The van der Waals surface area contributed by atoms with Crippen molar-refractivity contribution in [2.24, 2.45) is 0 Å². The molecule has 0 radical (unpaired) electrons. The van der Waals surface area contributed by atoms with E-state index in [4.69, 9.17) is 9.47 Å². The van der Waals surface area contributed by atoms with Crippen LogP contribution in [0.25, 0.3) is 0 Å². The first kappa shape index (κ1) is 13.2. The summed E-state index contributed by atoms with van der Waals surface area (Å²) in [5, 5.41) is 2.26. The number of carbonyl (C=O) groups is 2. The number of carbonyl (C=O) groups excluding carboxylic acids is 2. The van der Waals surface area contributed by atoms with E-state index in [0.717, 1.165) is 38.7 Å². The first-order chi connectivity index (χ1) is 8.75. The van der Waals surface area contributed by atoms with Gasteiger partial charge in [0.1, 0.15) is 0 Å². The fourth-order valence-electron chi connectivity index (χ4n) is 2.09. The molecule has 1 N–H and O–H groups in total. The Morgan fingerprint density at radius 1 is 1.39 bits per heavy atom. The van der Waals surface area contributed by atoms with E-state index < -0.39 is 0 Å². The van der Waals surface area contributed by atoms with Gasteiger partial charge >= 0.3 is 0 Å². The maximum absolute atomic E-state index is 11.2. The molecular weight excluding hydrogens is 234 g/mol. The molecular formula is C13H19NO4. The summed E-state index contributed by atoms with van der Waals surface area (Å²) in [6, 6.07) is 0. The summed E-state index contributed by atoms with van der Waals surface area (Å²) in [5.41, 5.74) is 0.578. The van der Waals surface area contributed by atoms with Crippen molar-refractivity contribution in [2.75, 3.05) is 13.2 Å². The van der Waals surface area contributed by atoms with E-state index in [1.807, 2.05) is 6.08 Å². The number of allylic oxidation sites excluding steroid dienone is 1. The summed E-state index contributed by atoms with van der Waals surface area (Å²) >= 11 is 0. The topological polar surface area (TPSA) is 64.6 Å². The van der Waals surface area contributed by atoms with E-state index in [2.05, 4.69) is 5.32 Å². The standard InChI is InChI=1S/C13H19NO4/c15-11-9-10(13(16)14-11)5-1-3-7-17-12-6-2-4-8-18-12/h5,12H,1-4,6-9H2,(H,14,15,16)/b10-5+. The number of rotatable bonds is 5. The predicted molar refractivity (Wildman–Crippen MR) is 64.6 cm³/mol. The summed E-state index contributed by atoms with van der Waals surface area (Å²) in [6.07, 6.45) is 6.83. The van der Waals surface area contributed by atoms with E-state index in [-0.39, 0.29) is 24.5 Å². The fraction of sp³-hybridized carbons (Fsp3) is 0.692. The second-order valence-corrected chi connectivity index (χ2v) is 4.59. The molecule has 2 heterocycles. The largest absolute Gasteiger partial charge is 0.353 e. The lowest BCUT2D eigenvalue weighted by molar-refractivity contribution is -0.162. The summed E-state index contributed by atoms with van der Waals surface area (Å²) in [7, 11) is 0. The van der Waals surface area contributed by atoms with Crippen LogP contribution in [0.4, 0.5) is 0 Å².